The van der Waals surface area contributed by atoms with Crippen molar-refractivity contribution < 1.29 is 4.79 Å². The van der Waals surface area contributed by atoms with Crippen LogP contribution in [-0.4, -0.2) is 5.78 Å². The van der Waals surface area contributed by atoms with E-state index < -0.39 is 0 Å². The highest BCUT2D eigenvalue weighted by molar-refractivity contribution is 9.10. The maximum absolute atomic E-state index is 12.3. The fourth-order valence-corrected chi connectivity index (χ4v) is 2.87. The Balaban J connectivity index is 2.47. The van der Waals surface area contributed by atoms with Gasteiger partial charge in [-0.25, -0.2) is 0 Å². The molecule has 5 heteroatoms. The summed E-state index contributed by atoms with van der Waals surface area (Å²) in [5.74, 6) is -0.195. The van der Waals surface area contributed by atoms with Crippen molar-refractivity contribution in [3.63, 3.8) is 0 Å². The fraction of sp³-hybridized carbons (Fsp3) is 0. The van der Waals surface area contributed by atoms with Crippen molar-refractivity contribution in [2.24, 2.45) is 0 Å². The van der Waals surface area contributed by atoms with E-state index in [0.29, 0.717) is 26.2 Å². The average molecular weight is 364 g/mol. The number of halogens is 4. The molecular weight excluding hydrogens is 358 g/mol. The number of hydrogen-bond acceptors (Lipinski definition) is 1. The van der Waals surface area contributed by atoms with Crippen LogP contribution in [0.3, 0.4) is 0 Å². The van der Waals surface area contributed by atoms with Crippen molar-refractivity contribution >= 4 is 56.5 Å². The van der Waals surface area contributed by atoms with Gasteiger partial charge >= 0.3 is 0 Å². The average Bonchev–Trinajstić information content (AvgIpc) is 2.26. The molecule has 0 atom stereocenters. The molecule has 0 amide bonds. The first-order valence-corrected chi connectivity index (χ1v) is 6.86. The molecule has 2 aromatic rings. The lowest BCUT2D eigenvalue weighted by atomic mass is 10.0. The topological polar surface area (TPSA) is 17.1 Å². The normalized spacial score (nSPS) is 10.4. The molecular formula is C13H6BrCl3O. The van der Waals surface area contributed by atoms with Gasteiger partial charge in [-0.1, -0.05) is 50.7 Å². The Labute approximate surface area is 128 Å². The predicted octanol–water partition coefficient (Wildman–Crippen LogP) is 5.64. The van der Waals surface area contributed by atoms with Crippen LogP contribution in [0.4, 0.5) is 0 Å². The SMILES string of the molecule is O=C(c1cc(Cl)cc(Br)c1)c1ccc(Cl)cc1Cl. The molecule has 0 N–H and O–H groups in total. The van der Waals surface area contributed by atoms with Crippen LogP contribution in [0.25, 0.3) is 0 Å². The predicted molar refractivity (Wildman–Crippen MR) is 79.0 cm³/mol. The van der Waals surface area contributed by atoms with Gasteiger partial charge in [-0.2, -0.15) is 0 Å². The highest BCUT2D eigenvalue weighted by Crippen LogP contribution is 2.26. The van der Waals surface area contributed by atoms with Crippen molar-refractivity contribution in [1.29, 1.82) is 0 Å². The Morgan fingerprint density at radius 3 is 2.28 bits per heavy atom. The number of rotatable bonds is 2. The van der Waals surface area contributed by atoms with Gasteiger partial charge in [0.05, 0.1) is 5.02 Å². The van der Waals surface area contributed by atoms with Crippen LogP contribution in [-0.2, 0) is 0 Å². The number of ketones is 1. The zero-order chi connectivity index (χ0) is 13.3. The maximum Gasteiger partial charge on any atom is 0.194 e. The molecule has 18 heavy (non-hydrogen) atoms. The standard InChI is InChI=1S/C13H6BrCl3O/c14-8-3-7(4-10(16)5-8)13(18)11-2-1-9(15)6-12(11)17/h1-6H. The summed E-state index contributed by atoms with van der Waals surface area (Å²) in [5.41, 5.74) is 0.869. The monoisotopic (exact) mass is 362 g/mol. The second-order valence-electron chi connectivity index (χ2n) is 3.61. The van der Waals surface area contributed by atoms with Crippen LogP contribution < -0.4 is 0 Å². The minimum Gasteiger partial charge on any atom is -0.289 e. The number of benzene rings is 2. The third-order valence-electron chi connectivity index (χ3n) is 2.30. The van der Waals surface area contributed by atoms with Crippen LogP contribution >= 0.6 is 50.7 Å². The Kier molecular flexibility index (Phi) is 4.33. The Morgan fingerprint density at radius 2 is 1.67 bits per heavy atom. The first kappa shape index (κ1) is 13.9. The molecule has 0 saturated carbocycles. The molecule has 0 heterocycles. The van der Waals surface area contributed by atoms with E-state index in [1.807, 2.05) is 0 Å². The summed E-state index contributed by atoms with van der Waals surface area (Å²) in [6.45, 7) is 0. The van der Waals surface area contributed by atoms with Gasteiger partial charge in [-0.3, -0.25) is 4.79 Å². The molecule has 0 aliphatic rings. The smallest absolute Gasteiger partial charge is 0.194 e. The Morgan fingerprint density at radius 1 is 0.944 bits per heavy atom. The largest absolute Gasteiger partial charge is 0.289 e. The van der Waals surface area contributed by atoms with Crippen molar-refractivity contribution in [3.8, 4) is 0 Å². The second kappa shape index (κ2) is 5.62. The van der Waals surface area contributed by atoms with Gasteiger partial charge in [-0.05, 0) is 36.4 Å². The van der Waals surface area contributed by atoms with E-state index in [1.165, 1.54) is 6.07 Å². The first-order valence-electron chi connectivity index (χ1n) is 4.93. The van der Waals surface area contributed by atoms with E-state index in [-0.39, 0.29) is 5.78 Å². The Hall–Kier alpha value is -0.540. The summed E-state index contributed by atoms with van der Waals surface area (Å²) in [4.78, 5) is 12.3. The molecule has 2 aromatic carbocycles. The highest BCUT2D eigenvalue weighted by Gasteiger charge is 2.14. The second-order valence-corrected chi connectivity index (χ2v) is 5.81. The minimum absolute atomic E-state index is 0.195. The lowest BCUT2D eigenvalue weighted by molar-refractivity contribution is 0.103. The molecule has 2 rings (SSSR count). The molecule has 0 saturated heterocycles. The van der Waals surface area contributed by atoms with Crippen LogP contribution in [0, 0.1) is 0 Å². The molecule has 0 aliphatic carbocycles. The molecule has 92 valence electrons. The summed E-state index contributed by atoms with van der Waals surface area (Å²) in [5, 5.41) is 1.30. The van der Waals surface area contributed by atoms with Crippen molar-refractivity contribution in [1.82, 2.24) is 0 Å². The van der Waals surface area contributed by atoms with Crippen LogP contribution in [0.5, 0.6) is 0 Å². The lowest BCUT2D eigenvalue weighted by Crippen LogP contribution is -2.02. The van der Waals surface area contributed by atoms with Gasteiger partial charge in [0.15, 0.2) is 5.78 Å². The van der Waals surface area contributed by atoms with Gasteiger partial charge in [0.1, 0.15) is 0 Å². The summed E-state index contributed by atoms with van der Waals surface area (Å²) in [6, 6.07) is 9.76. The number of carbonyl (C=O) groups is 1. The summed E-state index contributed by atoms with van der Waals surface area (Å²) < 4.78 is 0.739. The molecule has 0 bridgehead atoms. The van der Waals surface area contributed by atoms with E-state index in [2.05, 4.69) is 15.9 Å². The molecule has 0 spiro atoms. The van der Waals surface area contributed by atoms with Crippen molar-refractivity contribution in [3.05, 3.63) is 67.1 Å². The number of carbonyl (C=O) groups excluding carboxylic acids is 1. The zero-order valence-corrected chi connectivity index (χ0v) is 12.7. The van der Waals surface area contributed by atoms with Gasteiger partial charge < -0.3 is 0 Å². The highest BCUT2D eigenvalue weighted by atomic mass is 79.9. The first-order chi connectivity index (χ1) is 8.47. The Bertz CT molecular complexity index is 605. The van der Waals surface area contributed by atoms with Gasteiger partial charge in [0, 0.05) is 25.6 Å². The van der Waals surface area contributed by atoms with Gasteiger partial charge in [0.2, 0.25) is 0 Å². The molecule has 0 fully saturated rings. The summed E-state index contributed by atoms with van der Waals surface area (Å²) >= 11 is 21.0. The van der Waals surface area contributed by atoms with E-state index >= 15 is 0 Å². The fourth-order valence-electron chi connectivity index (χ4n) is 1.51. The van der Waals surface area contributed by atoms with Crippen molar-refractivity contribution in [2.45, 2.75) is 0 Å². The third kappa shape index (κ3) is 3.07. The van der Waals surface area contributed by atoms with Crippen LogP contribution in [0.1, 0.15) is 15.9 Å². The van der Waals surface area contributed by atoms with Crippen molar-refractivity contribution in [2.75, 3.05) is 0 Å². The number of hydrogen-bond donors (Lipinski definition) is 0. The van der Waals surface area contributed by atoms with E-state index in [0.717, 1.165) is 4.47 Å². The molecule has 0 aliphatic heterocycles. The van der Waals surface area contributed by atoms with E-state index in [4.69, 9.17) is 34.8 Å². The molecule has 0 aromatic heterocycles. The zero-order valence-electron chi connectivity index (χ0n) is 8.88. The quantitative estimate of drug-likeness (QED) is 0.630. The molecule has 1 nitrogen and oxygen atoms in total. The van der Waals surface area contributed by atoms with E-state index in [9.17, 15) is 4.79 Å². The van der Waals surface area contributed by atoms with E-state index in [1.54, 1.807) is 30.3 Å². The van der Waals surface area contributed by atoms with Gasteiger partial charge in [0.25, 0.3) is 0 Å². The third-order valence-corrected chi connectivity index (χ3v) is 3.52. The van der Waals surface area contributed by atoms with Crippen LogP contribution in [0.2, 0.25) is 15.1 Å². The minimum atomic E-state index is -0.195. The van der Waals surface area contributed by atoms with Crippen LogP contribution in [0.15, 0.2) is 40.9 Å². The molecule has 0 radical (unpaired) electrons. The lowest BCUT2D eigenvalue weighted by Gasteiger charge is -2.05. The maximum atomic E-state index is 12.3. The summed E-state index contributed by atoms with van der Waals surface area (Å²) in [6.07, 6.45) is 0. The molecule has 0 unspecified atom stereocenters. The summed E-state index contributed by atoms with van der Waals surface area (Å²) in [7, 11) is 0. The van der Waals surface area contributed by atoms with Gasteiger partial charge in [-0.15, -0.1) is 0 Å².